The maximum Gasteiger partial charge on any atom is 0.131 e. The Bertz CT molecular complexity index is 470. The summed E-state index contributed by atoms with van der Waals surface area (Å²) in [6.45, 7) is 2.39. The van der Waals surface area contributed by atoms with Gasteiger partial charge in [0.1, 0.15) is 11.6 Å². The van der Waals surface area contributed by atoms with Crippen molar-refractivity contribution < 1.29 is 8.78 Å². The molecular weight excluding hydrogens is 246 g/mol. The molecule has 0 radical (unpaired) electrons. The van der Waals surface area contributed by atoms with Crippen LogP contribution in [-0.2, 0) is 6.54 Å². The number of halogens is 2. The summed E-state index contributed by atoms with van der Waals surface area (Å²) in [5.41, 5.74) is 0.0438. The molecule has 4 heteroatoms. The molecule has 1 saturated carbocycles. The first-order valence-corrected chi connectivity index (χ1v) is 6.71. The highest BCUT2D eigenvalue weighted by Gasteiger charge is 2.19. The lowest BCUT2D eigenvalue weighted by Crippen LogP contribution is -2.33. The fraction of sp³-hybridized carbons (Fsp3) is 0.533. The second-order valence-corrected chi connectivity index (χ2v) is 5.38. The van der Waals surface area contributed by atoms with Crippen LogP contribution in [0.15, 0.2) is 12.1 Å². The van der Waals surface area contributed by atoms with E-state index < -0.39 is 11.6 Å². The minimum atomic E-state index is -0.645. The molecule has 0 bridgehead atoms. The van der Waals surface area contributed by atoms with Gasteiger partial charge in [0, 0.05) is 18.2 Å². The summed E-state index contributed by atoms with van der Waals surface area (Å²) in [7, 11) is 0. The Balaban J connectivity index is 2.01. The van der Waals surface area contributed by atoms with Crippen molar-refractivity contribution in [3.63, 3.8) is 0 Å². The predicted octanol–water partition coefficient (Wildman–Crippen LogP) is 3.50. The summed E-state index contributed by atoms with van der Waals surface area (Å²) in [5, 5.41) is 11.9. The number of rotatable bonds is 3. The molecule has 0 heterocycles. The quantitative estimate of drug-likeness (QED) is 0.907. The molecule has 2 rings (SSSR count). The average molecular weight is 264 g/mol. The number of nitrogens with zero attached hydrogens (tertiary/aromatic N) is 1. The maximum absolute atomic E-state index is 13.7. The van der Waals surface area contributed by atoms with Crippen molar-refractivity contribution in [2.45, 2.75) is 45.2 Å². The van der Waals surface area contributed by atoms with Crippen LogP contribution in [0, 0.1) is 28.9 Å². The van der Waals surface area contributed by atoms with Crippen molar-refractivity contribution in [1.82, 2.24) is 5.32 Å². The van der Waals surface area contributed by atoms with Crippen molar-refractivity contribution in [3.05, 3.63) is 34.9 Å². The third-order valence-electron chi connectivity index (χ3n) is 3.77. The lowest BCUT2D eigenvalue weighted by Gasteiger charge is -2.27. The molecule has 0 aromatic heterocycles. The first-order chi connectivity index (χ1) is 9.10. The predicted molar refractivity (Wildman–Crippen MR) is 69.3 cm³/mol. The van der Waals surface area contributed by atoms with Gasteiger partial charge >= 0.3 is 0 Å². The molecule has 0 aliphatic heterocycles. The highest BCUT2D eigenvalue weighted by Crippen LogP contribution is 2.24. The Hall–Kier alpha value is -1.47. The Morgan fingerprint density at radius 1 is 1.32 bits per heavy atom. The van der Waals surface area contributed by atoms with Crippen LogP contribution in [0.3, 0.4) is 0 Å². The summed E-state index contributed by atoms with van der Waals surface area (Å²) in [6, 6.07) is 4.25. The van der Waals surface area contributed by atoms with E-state index in [0.29, 0.717) is 12.0 Å². The second kappa shape index (κ2) is 6.12. The molecule has 1 aromatic rings. The van der Waals surface area contributed by atoms with Crippen LogP contribution in [0.5, 0.6) is 0 Å². The number of nitriles is 1. The van der Waals surface area contributed by atoms with Crippen LogP contribution >= 0.6 is 0 Å². The normalized spacial score (nSPS) is 23.1. The minimum Gasteiger partial charge on any atom is -0.310 e. The van der Waals surface area contributed by atoms with Gasteiger partial charge in [0.05, 0.1) is 11.6 Å². The number of hydrogen-bond acceptors (Lipinski definition) is 2. The van der Waals surface area contributed by atoms with Crippen molar-refractivity contribution in [1.29, 1.82) is 5.26 Å². The second-order valence-electron chi connectivity index (χ2n) is 5.38. The van der Waals surface area contributed by atoms with E-state index in [2.05, 4.69) is 12.2 Å². The van der Waals surface area contributed by atoms with Gasteiger partial charge in [-0.2, -0.15) is 5.26 Å². The van der Waals surface area contributed by atoms with Gasteiger partial charge in [0.15, 0.2) is 0 Å². The lowest BCUT2D eigenvalue weighted by molar-refractivity contribution is 0.298. The molecule has 2 atom stereocenters. The zero-order valence-electron chi connectivity index (χ0n) is 11.0. The molecule has 1 aromatic carbocycles. The number of hydrogen-bond donors (Lipinski definition) is 1. The Labute approximate surface area is 112 Å². The highest BCUT2D eigenvalue weighted by molar-refractivity contribution is 5.34. The summed E-state index contributed by atoms with van der Waals surface area (Å²) >= 11 is 0. The zero-order valence-corrected chi connectivity index (χ0v) is 11.0. The minimum absolute atomic E-state index is 0.0186. The van der Waals surface area contributed by atoms with E-state index in [1.165, 1.54) is 6.42 Å². The van der Waals surface area contributed by atoms with E-state index in [4.69, 9.17) is 5.26 Å². The molecule has 0 amide bonds. The fourth-order valence-corrected chi connectivity index (χ4v) is 2.70. The Kier molecular flexibility index (Phi) is 4.49. The third kappa shape index (κ3) is 3.51. The van der Waals surface area contributed by atoms with Crippen LogP contribution in [0.4, 0.5) is 8.78 Å². The largest absolute Gasteiger partial charge is 0.310 e. The van der Waals surface area contributed by atoms with Crippen LogP contribution in [0.25, 0.3) is 0 Å². The molecule has 1 aliphatic rings. The van der Waals surface area contributed by atoms with Crippen LogP contribution in [0.1, 0.15) is 43.7 Å². The van der Waals surface area contributed by atoms with Crippen LogP contribution in [-0.4, -0.2) is 6.04 Å². The van der Waals surface area contributed by atoms with Crippen molar-refractivity contribution >= 4 is 0 Å². The van der Waals surface area contributed by atoms with E-state index in [1.807, 2.05) is 0 Å². The third-order valence-corrected chi connectivity index (χ3v) is 3.77. The van der Waals surface area contributed by atoms with E-state index >= 15 is 0 Å². The standard InChI is InChI=1S/C15H18F2N2/c1-10-3-2-4-12(5-10)19-9-13-14(16)6-11(8-18)7-15(13)17/h6-7,10,12,19H,2-5,9H2,1H3. The van der Waals surface area contributed by atoms with E-state index in [-0.39, 0.29) is 17.7 Å². The highest BCUT2D eigenvalue weighted by atomic mass is 19.1. The van der Waals surface area contributed by atoms with Crippen molar-refractivity contribution in [3.8, 4) is 6.07 Å². The Morgan fingerprint density at radius 2 is 2.00 bits per heavy atom. The SMILES string of the molecule is CC1CCCC(NCc2c(F)cc(C#N)cc2F)C1. The number of nitrogens with one attached hydrogen (secondary N) is 1. The van der Waals surface area contributed by atoms with Gasteiger partial charge in [-0.3, -0.25) is 0 Å². The first kappa shape index (κ1) is 14.0. The van der Waals surface area contributed by atoms with Crippen LogP contribution in [0.2, 0.25) is 0 Å². The maximum atomic E-state index is 13.7. The zero-order chi connectivity index (χ0) is 13.8. The molecular formula is C15H18F2N2. The van der Waals surface area contributed by atoms with E-state index in [0.717, 1.165) is 31.4 Å². The number of benzene rings is 1. The molecule has 2 nitrogen and oxygen atoms in total. The van der Waals surface area contributed by atoms with Gasteiger partial charge in [-0.15, -0.1) is 0 Å². The van der Waals surface area contributed by atoms with Gasteiger partial charge in [-0.25, -0.2) is 8.78 Å². The smallest absolute Gasteiger partial charge is 0.131 e. The Morgan fingerprint density at radius 3 is 2.58 bits per heavy atom. The van der Waals surface area contributed by atoms with Crippen molar-refractivity contribution in [2.75, 3.05) is 0 Å². The van der Waals surface area contributed by atoms with E-state index in [1.54, 1.807) is 6.07 Å². The first-order valence-electron chi connectivity index (χ1n) is 6.71. The average Bonchev–Trinajstić information content (AvgIpc) is 2.37. The summed E-state index contributed by atoms with van der Waals surface area (Å²) < 4.78 is 27.4. The van der Waals surface area contributed by atoms with E-state index in [9.17, 15) is 8.78 Å². The molecule has 0 saturated heterocycles. The lowest BCUT2D eigenvalue weighted by atomic mass is 9.87. The molecule has 2 unspecified atom stereocenters. The summed E-state index contributed by atoms with van der Waals surface area (Å²) in [4.78, 5) is 0. The molecule has 102 valence electrons. The monoisotopic (exact) mass is 264 g/mol. The van der Waals surface area contributed by atoms with Crippen LogP contribution < -0.4 is 5.32 Å². The molecule has 1 fully saturated rings. The van der Waals surface area contributed by atoms with Gasteiger partial charge in [-0.05, 0) is 30.9 Å². The molecule has 0 spiro atoms. The van der Waals surface area contributed by atoms with Gasteiger partial charge in [-0.1, -0.05) is 19.8 Å². The fourth-order valence-electron chi connectivity index (χ4n) is 2.70. The molecule has 1 N–H and O–H groups in total. The molecule has 1 aliphatic carbocycles. The topological polar surface area (TPSA) is 35.8 Å². The summed E-state index contributed by atoms with van der Waals surface area (Å²) in [5.74, 6) is -0.622. The van der Waals surface area contributed by atoms with Gasteiger partial charge in [0.25, 0.3) is 0 Å². The molecule has 19 heavy (non-hydrogen) atoms. The van der Waals surface area contributed by atoms with Gasteiger partial charge in [0.2, 0.25) is 0 Å². The van der Waals surface area contributed by atoms with Crippen molar-refractivity contribution in [2.24, 2.45) is 5.92 Å². The summed E-state index contributed by atoms with van der Waals surface area (Å²) in [6.07, 6.45) is 4.51. The van der Waals surface area contributed by atoms with Gasteiger partial charge < -0.3 is 5.32 Å².